The molecule has 0 saturated heterocycles. The summed E-state index contributed by atoms with van der Waals surface area (Å²) >= 11 is 0. The number of carboxylic acids is 1. The number of aliphatic hydroxyl groups excluding tert-OH is 1. The van der Waals surface area contributed by atoms with Crippen molar-refractivity contribution >= 4 is 5.97 Å². The minimum atomic E-state index is -2.93. The van der Waals surface area contributed by atoms with E-state index < -0.39 is 29.7 Å². The molecule has 0 aliphatic rings. The lowest BCUT2D eigenvalue weighted by molar-refractivity contribution is -0.157. The number of aliphatic hydroxyl groups is 4. The molecule has 88 valence electrons. The number of furan rings is 1. The van der Waals surface area contributed by atoms with E-state index in [2.05, 4.69) is 0 Å². The van der Waals surface area contributed by atoms with E-state index in [1.54, 1.807) is 0 Å². The highest BCUT2D eigenvalue weighted by molar-refractivity contribution is 5.88. The molecule has 0 unspecified atom stereocenters. The number of rotatable bonds is 4. The van der Waals surface area contributed by atoms with Crippen molar-refractivity contribution in [3.05, 3.63) is 35.7 Å². The predicted molar refractivity (Wildman–Crippen MR) is 49.5 cm³/mol. The van der Waals surface area contributed by atoms with Gasteiger partial charge in [-0.3, -0.25) is 0 Å². The lowest BCUT2D eigenvalue weighted by atomic mass is 10.0. The van der Waals surface area contributed by atoms with E-state index in [9.17, 15) is 15.0 Å². The van der Waals surface area contributed by atoms with Crippen LogP contribution in [0.5, 0.6) is 0 Å². The molecule has 0 fully saturated rings. The average Bonchev–Trinajstić information content (AvgIpc) is 2.52. The zero-order valence-electron chi connectivity index (χ0n) is 7.99. The first kappa shape index (κ1) is 12.1. The van der Waals surface area contributed by atoms with Crippen LogP contribution in [-0.4, -0.2) is 37.3 Å². The second-order valence-corrected chi connectivity index (χ2v) is 3.08. The Morgan fingerprint density at radius 3 is 2.31 bits per heavy atom. The number of carbonyl (C=O) groups is 1. The summed E-state index contributed by atoms with van der Waals surface area (Å²) in [5, 5.41) is 44.7. The van der Waals surface area contributed by atoms with E-state index in [-0.39, 0.29) is 5.76 Å². The normalized spacial score (nSPS) is 11.1. The van der Waals surface area contributed by atoms with Gasteiger partial charge in [-0.05, 0) is 12.1 Å². The van der Waals surface area contributed by atoms with Crippen LogP contribution in [0.25, 0.3) is 0 Å². The van der Waals surface area contributed by atoms with Gasteiger partial charge in [0.25, 0.3) is 5.95 Å². The van der Waals surface area contributed by atoms with E-state index in [1.165, 1.54) is 18.4 Å². The van der Waals surface area contributed by atoms with Crippen LogP contribution >= 0.6 is 0 Å². The van der Waals surface area contributed by atoms with Crippen molar-refractivity contribution in [3.63, 3.8) is 0 Å². The molecule has 1 aromatic rings. The molecule has 7 nitrogen and oxygen atoms in total. The Kier molecular flexibility index (Phi) is 3.21. The van der Waals surface area contributed by atoms with Gasteiger partial charge in [0.2, 0.25) is 5.79 Å². The van der Waals surface area contributed by atoms with Crippen LogP contribution in [0.1, 0.15) is 5.76 Å². The molecule has 16 heavy (non-hydrogen) atoms. The minimum absolute atomic E-state index is 0.0880. The number of hydrogen-bond donors (Lipinski definition) is 5. The maximum Gasteiger partial charge on any atom is 0.344 e. The fraction of sp³-hybridized carbons (Fsp3) is 0.222. The smallest absolute Gasteiger partial charge is 0.344 e. The predicted octanol–water partition coefficient (Wildman–Crippen LogP) is -0.0848. The third-order valence-electron chi connectivity index (χ3n) is 1.84. The first-order chi connectivity index (χ1) is 7.34. The molecule has 0 aliphatic heterocycles. The van der Waals surface area contributed by atoms with Gasteiger partial charge in [0.05, 0.1) is 12.7 Å². The van der Waals surface area contributed by atoms with Gasteiger partial charge in [-0.2, -0.15) is 0 Å². The van der Waals surface area contributed by atoms with Gasteiger partial charge in [0.15, 0.2) is 5.57 Å². The van der Waals surface area contributed by atoms with Crippen molar-refractivity contribution < 1.29 is 34.7 Å². The summed E-state index contributed by atoms with van der Waals surface area (Å²) in [5.74, 6) is -6.35. The second-order valence-electron chi connectivity index (χ2n) is 3.08. The molecule has 1 aromatic heterocycles. The Hall–Kier alpha value is -1.99. The van der Waals surface area contributed by atoms with Crippen LogP contribution in [0.15, 0.2) is 34.3 Å². The van der Waals surface area contributed by atoms with Gasteiger partial charge in [0.1, 0.15) is 5.76 Å². The molecule has 0 aromatic carbocycles. The zero-order chi connectivity index (χ0) is 12.3. The maximum atomic E-state index is 10.6. The topological polar surface area (TPSA) is 131 Å². The summed E-state index contributed by atoms with van der Waals surface area (Å²) < 4.78 is 4.78. The van der Waals surface area contributed by atoms with Gasteiger partial charge in [0, 0.05) is 0 Å². The number of hydrogen-bond acceptors (Lipinski definition) is 6. The summed E-state index contributed by atoms with van der Waals surface area (Å²) in [6.07, 6.45) is 0.640. The standard InChI is InChI=1S/C9H10O7/c10-7(11)6(8(12)13)9(14,15)4-5-2-1-3-16-5/h1-3,10-11,14-15H,4H2,(H,12,13). The van der Waals surface area contributed by atoms with E-state index in [1.807, 2.05) is 0 Å². The third-order valence-corrected chi connectivity index (χ3v) is 1.84. The molecule has 1 heterocycles. The molecule has 0 radical (unpaired) electrons. The largest absolute Gasteiger partial charge is 0.481 e. The minimum Gasteiger partial charge on any atom is -0.481 e. The number of carboxylic acid groups (broad SMARTS) is 1. The van der Waals surface area contributed by atoms with Crippen LogP contribution < -0.4 is 0 Å². The first-order valence-corrected chi connectivity index (χ1v) is 4.17. The summed E-state index contributed by atoms with van der Waals surface area (Å²) in [4.78, 5) is 10.6. The van der Waals surface area contributed by atoms with Crippen molar-refractivity contribution in [2.45, 2.75) is 12.2 Å². The molecular formula is C9H10O7. The second kappa shape index (κ2) is 4.25. The fourth-order valence-corrected chi connectivity index (χ4v) is 1.19. The molecule has 1 rings (SSSR count). The Balaban J connectivity index is 3.00. The Morgan fingerprint density at radius 1 is 1.31 bits per heavy atom. The molecule has 0 aliphatic carbocycles. The lowest BCUT2D eigenvalue weighted by Crippen LogP contribution is -2.38. The fourth-order valence-electron chi connectivity index (χ4n) is 1.19. The van der Waals surface area contributed by atoms with Gasteiger partial charge >= 0.3 is 5.97 Å². The van der Waals surface area contributed by atoms with Gasteiger partial charge < -0.3 is 29.9 Å². The highest BCUT2D eigenvalue weighted by Crippen LogP contribution is 2.21. The summed E-state index contributed by atoms with van der Waals surface area (Å²) in [7, 11) is 0. The van der Waals surface area contributed by atoms with Crippen LogP contribution in [0.2, 0.25) is 0 Å². The van der Waals surface area contributed by atoms with Gasteiger partial charge in [-0.1, -0.05) is 0 Å². The Bertz CT molecular complexity index is 398. The molecule has 5 N–H and O–H groups in total. The first-order valence-electron chi connectivity index (χ1n) is 4.17. The third kappa shape index (κ3) is 2.53. The summed E-state index contributed by atoms with van der Waals surface area (Å²) in [6, 6.07) is 2.85. The summed E-state index contributed by atoms with van der Waals surface area (Å²) in [6.45, 7) is 0. The highest BCUT2D eigenvalue weighted by atomic mass is 16.5. The quantitative estimate of drug-likeness (QED) is 0.277. The van der Waals surface area contributed by atoms with Crippen molar-refractivity contribution in [1.29, 1.82) is 0 Å². The van der Waals surface area contributed by atoms with E-state index >= 15 is 0 Å². The SMILES string of the molecule is O=C(O)C(=C(O)O)C(O)(O)Cc1ccco1. The van der Waals surface area contributed by atoms with Gasteiger partial charge in [-0.15, -0.1) is 0 Å². The summed E-state index contributed by atoms with van der Waals surface area (Å²) in [5.41, 5.74) is -1.32. The van der Waals surface area contributed by atoms with Crippen molar-refractivity contribution in [3.8, 4) is 0 Å². The molecule has 7 heteroatoms. The van der Waals surface area contributed by atoms with Crippen LogP contribution in [0.4, 0.5) is 0 Å². The maximum absolute atomic E-state index is 10.6. The van der Waals surface area contributed by atoms with E-state index in [4.69, 9.17) is 19.7 Å². The van der Waals surface area contributed by atoms with Crippen LogP contribution in [-0.2, 0) is 11.2 Å². The van der Waals surface area contributed by atoms with Gasteiger partial charge in [-0.25, -0.2) is 4.79 Å². The van der Waals surface area contributed by atoms with Crippen LogP contribution in [0.3, 0.4) is 0 Å². The highest BCUT2D eigenvalue weighted by Gasteiger charge is 2.39. The monoisotopic (exact) mass is 230 g/mol. The zero-order valence-corrected chi connectivity index (χ0v) is 7.99. The van der Waals surface area contributed by atoms with E-state index in [0.29, 0.717) is 0 Å². The van der Waals surface area contributed by atoms with Crippen molar-refractivity contribution in [1.82, 2.24) is 0 Å². The Morgan fingerprint density at radius 2 is 1.94 bits per heavy atom. The number of aliphatic carboxylic acids is 1. The average molecular weight is 230 g/mol. The van der Waals surface area contributed by atoms with Crippen molar-refractivity contribution in [2.24, 2.45) is 0 Å². The van der Waals surface area contributed by atoms with Crippen molar-refractivity contribution in [2.75, 3.05) is 0 Å². The van der Waals surface area contributed by atoms with E-state index in [0.717, 1.165) is 0 Å². The Labute approximate surface area is 89.5 Å². The molecule has 0 atom stereocenters. The molecule has 0 bridgehead atoms. The van der Waals surface area contributed by atoms with Crippen LogP contribution in [0, 0.1) is 0 Å². The molecular weight excluding hydrogens is 220 g/mol. The molecule has 0 amide bonds. The molecule has 0 spiro atoms. The lowest BCUT2D eigenvalue weighted by Gasteiger charge is -2.20. The molecule has 0 saturated carbocycles.